The van der Waals surface area contributed by atoms with Crippen LogP contribution in [0.4, 0.5) is 0 Å². The lowest BCUT2D eigenvalue weighted by Crippen LogP contribution is -2.24. The van der Waals surface area contributed by atoms with E-state index in [1.807, 2.05) is 0 Å². The zero-order chi connectivity index (χ0) is 12.1. The molecule has 0 aliphatic carbocycles. The molecule has 0 saturated carbocycles. The van der Waals surface area contributed by atoms with E-state index in [2.05, 4.69) is 11.3 Å². The summed E-state index contributed by atoms with van der Waals surface area (Å²) in [7, 11) is 0. The van der Waals surface area contributed by atoms with Gasteiger partial charge in [-0.1, -0.05) is 6.58 Å². The van der Waals surface area contributed by atoms with Crippen LogP contribution >= 0.6 is 0 Å². The zero-order valence-electron chi connectivity index (χ0n) is 8.30. The third-order valence-corrected chi connectivity index (χ3v) is 1.72. The van der Waals surface area contributed by atoms with Crippen LogP contribution in [0, 0.1) is 0 Å². The van der Waals surface area contributed by atoms with Crippen LogP contribution in [-0.4, -0.2) is 30.6 Å². The number of epoxide rings is 1. The molecule has 0 amide bonds. The largest absolute Gasteiger partial charge is 0.545 e. The predicted octanol–water partition coefficient (Wildman–Crippen LogP) is -1.29. The predicted molar refractivity (Wildman–Crippen MR) is 48.7 cm³/mol. The van der Waals surface area contributed by atoms with E-state index in [0.717, 1.165) is 12.2 Å². The molecule has 2 heterocycles. The number of carboxylic acids is 1. The van der Waals surface area contributed by atoms with Crippen LogP contribution in [-0.2, 0) is 23.9 Å². The van der Waals surface area contributed by atoms with Gasteiger partial charge in [-0.2, -0.15) is 0 Å². The zero-order valence-corrected chi connectivity index (χ0v) is 8.30. The van der Waals surface area contributed by atoms with E-state index in [1.54, 1.807) is 0 Å². The highest BCUT2D eigenvalue weighted by Gasteiger charge is 2.22. The summed E-state index contributed by atoms with van der Waals surface area (Å²) in [6.07, 6.45) is 2.67. The third-order valence-electron chi connectivity index (χ3n) is 1.72. The minimum Gasteiger partial charge on any atom is -0.545 e. The maximum atomic E-state index is 10.00. The minimum atomic E-state index is -1.18. The molecule has 1 fully saturated rings. The summed E-state index contributed by atoms with van der Waals surface area (Å²) in [5, 5.41) is 10.00. The molecule has 0 aromatic carbocycles. The number of cyclic esters (lactones) is 2. The Morgan fingerprint density at radius 3 is 2.19 bits per heavy atom. The standard InChI is InChI=1S/C6H8O3.C4H2O3/c1-4(6(7)8)2-5-3-9-5;5-3-1-2-4(6)7-3/h5H,1-3H2,(H,7,8);1-2H/p-1. The maximum absolute atomic E-state index is 10.00. The van der Waals surface area contributed by atoms with Gasteiger partial charge < -0.3 is 19.4 Å². The van der Waals surface area contributed by atoms with Crippen LogP contribution in [0.1, 0.15) is 6.42 Å². The number of carboxylic acid groups (broad SMARTS) is 1. The molecule has 2 rings (SSSR count). The van der Waals surface area contributed by atoms with Gasteiger partial charge in [0.05, 0.1) is 18.7 Å². The fraction of sp³-hybridized carbons (Fsp3) is 0.300. The quantitative estimate of drug-likeness (QED) is 0.256. The van der Waals surface area contributed by atoms with Gasteiger partial charge in [-0.15, -0.1) is 0 Å². The van der Waals surface area contributed by atoms with Crippen molar-refractivity contribution in [1.29, 1.82) is 0 Å². The second kappa shape index (κ2) is 5.22. The van der Waals surface area contributed by atoms with Crippen LogP contribution in [0.2, 0.25) is 0 Å². The van der Waals surface area contributed by atoms with Gasteiger partial charge in [-0.05, 0) is 5.57 Å². The van der Waals surface area contributed by atoms with E-state index in [0.29, 0.717) is 13.0 Å². The van der Waals surface area contributed by atoms with Crippen molar-refractivity contribution in [3.63, 3.8) is 0 Å². The lowest BCUT2D eigenvalue weighted by Gasteiger charge is -2.01. The molecule has 0 aromatic heterocycles. The Bertz CT molecular complexity index is 348. The first-order chi connectivity index (χ1) is 7.49. The molecule has 0 radical (unpaired) electrons. The Morgan fingerprint density at radius 2 is 1.94 bits per heavy atom. The van der Waals surface area contributed by atoms with Crippen molar-refractivity contribution in [3.8, 4) is 0 Å². The third kappa shape index (κ3) is 4.52. The molecule has 6 heteroatoms. The van der Waals surface area contributed by atoms with Gasteiger partial charge in [0, 0.05) is 18.6 Å². The normalized spacial score (nSPS) is 20.9. The van der Waals surface area contributed by atoms with Crippen LogP contribution in [0.15, 0.2) is 24.3 Å². The number of ether oxygens (including phenoxy) is 2. The second-order valence-corrected chi connectivity index (χ2v) is 3.12. The summed E-state index contributed by atoms with van der Waals surface area (Å²) in [6.45, 7) is 3.95. The maximum Gasteiger partial charge on any atom is 0.338 e. The second-order valence-electron chi connectivity index (χ2n) is 3.12. The van der Waals surface area contributed by atoms with E-state index in [-0.39, 0.29) is 11.7 Å². The number of rotatable bonds is 3. The summed E-state index contributed by atoms with van der Waals surface area (Å²) in [4.78, 5) is 29.8. The monoisotopic (exact) mass is 225 g/mol. The lowest BCUT2D eigenvalue weighted by molar-refractivity contribution is -0.299. The van der Waals surface area contributed by atoms with Crippen LogP contribution in [0.3, 0.4) is 0 Å². The van der Waals surface area contributed by atoms with Crippen LogP contribution in [0.5, 0.6) is 0 Å². The first-order valence-corrected chi connectivity index (χ1v) is 4.43. The van der Waals surface area contributed by atoms with E-state index < -0.39 is 17.9 Å². The van der Waals surface area contributed by atoms with Crippen molar-refractivity contribution >= 4 is 17.9 Å². The molecule has 6 nitrogen and oxygen atoms in total. The van der Waals surface area contributed by atoms with E-state index in [4.69, 9.17) is 4.74 Å². The van der Waals surface area contributed by atoms with Gasteiger partial charge in [0.25, 0.3) is 0 Å². The van der Waals surface area contributed by atoms with E-state index in [1.165, 1.54) is 0 Å². The molecule has 1 atom stereocenters. The summed E-state index contributed by atoms with van der Waals surface area (Å²) < 4.78 is 8.75. The number of carbonyl (C=O) groups is 3. The van der Waals surface area contributed by atoms with Crippen molar-refractivity contribution in [1.82, 2.24) is 0 Å². The first kappa shape index (κ1) is 12.1. The van der Waals surface area contributed by atoms with Gasteiger partial charge in [0.1, 0.15) is 0 Å². The molecule has 0 N–H and O–H groups in total. The average molecular weight is 225 g/mol. The molecule has 2 aliphatic heterocycles. The van der Waals surface area contributed by atoms with Crippen LogP contribution < -0.4 is 5.11 Å². The highest BCUT2D eigenvalue weighted by atomic mass is 16.6. The van der Waals surface area contributed by atoms with Gasteiger partial charge in [-0.25, -0.2) is 9.59 Å². The summed E-state index contributed by atoms with van der Waals surface area (Å²) in [6, 6.07) is 0. The molecule has 86 valence electrons. The smallest absolute Gasteiger partial charge is 0.338 e. The molecule has 0 aromatic rings. The molecular formula is C10H9O6-. The van der Waals surface area contributed by atoms with Crippen molar-refractivity contribution in [2.24, 2.45) is 0 Å². The Balaban J connectivity index is 0.000000165. The van der Waals surface area contributed by atoms with Crippen molar-refractivity contribution in [2.75, 3.05) is 6.61 Å². The van der Waals surface area contributed by atoms with Crippen LogP contribution in [0.25, 0.3) is 0 Å². The first-order valence-electron chi connectivity index (χ1n) is 4.43. The highest BCUT2D eigenvalue weighted by Crippen LogP contribution is 2.17. The lowest BCUT2D eigenvalue weighted by atomic mass is 10.2. The van der Waals surface area contributed by atoms with Gasteiger partial charge in [-0.3, -0.25) is 0 Å². The number of hydrogen-bond acceptors (Lipinski definition) is 6. The number of esters is 2. The fourth-order valence-corrected chi connectivity index (χ4v) is 0.847. The van der Waals surface area contributed by atoms with Gasteiger partial charge in [0.15, 0.2) is 0 Å². The molecule has 16 heavy (non-hydrogen) atoms. The van der Waals surface area contributed by atoms with Crippen molar-refractivity contribution in [3.05, 3.63) is 24.3 Å². The molecule has 0 bridgehead atoms. The SMILES string of the molecule is C=C(CC1CO1)C(=O)[O-].O=C1C=CC(=O)O1. The highest BCUT2D eigenvalue weighted by molar-refractivity contribution is 6.04. The van der Waals surface area contributed by atoms with Crippen molar-refractivity contribution < 1.29 is 29.0 Å². The molecule has 0 spiro atoms. The summed E-state index contributed by atoms with van der Waals surface area (Å²) in [5.74, 6) is -2.33. The Labute approximate surface area is 91.1 Å². The Hall–Kier alpha value is -1.95. The average Bonchev–Trinajstić information content (AvgIpc) is 2.92. The topological polar surface area (TPSA) is 96.0 Å². The van der Waals surface area contributed by atoms with Gasteiger partial charge in [0.2, 0.25) is 0 Å². The molecule has 2 aliphatic rings. The fourth-order valence-electron chi connectivity index (χ4n) is 0.847. The number of carbonyl (C=O) groups excluding carboxylic acids is 3. The number of hydrogen-bond donors (Lipinski definition) is 0. The summed E-state index contributed by atoms with van der Waals surface area (Å²) >= 11 is 0. The van der Waals surface area contributed by atoms with Gasteiger partial charge >= 0.3 is 11.9 Å². The Kier molecular flexibility index (Phi) is 3.96. The molecule has 1 unspecified atom stereocenters. The Morgan fingerprint density at radius 1 is 1.44 bits per heavy atom. The molecule has 1 saturated heterocycles. The van der Waals surface area contributed by atoms with E-state index in [9.17, 15) is 19.5 Å². The minimum absolute atomic E-state index is 0.0930. The van der Waals surface area contributed by atoms with Crippen molar-refractivity contribution in [2.45, 2.75) is 12.5 Å². The molecular weight excluding hydrogens is 216 g/mol. The number of aliphatic carboxylic acids is 1. The van der Waals surface area contributed by atoms with E-state index >= 15 is 0 Å². The summed E-state index contributed by atoms with van der Waals surface area (Å²) in [5.41, 5.74) is 0.123.